The van der Waals surface area contributed by atoms with Gasteiger partial charge in [-0.15, -0.1) is 0 Å². The molecule has 3 N–H and O–H groups in total. The first-order valence-corrected chi connectivity index (χ1v) is 6.38. The van der Waals surface area contributed by atoms with Crippen LogP contribution in [0.3, 0.4) is 0 Å². The van der Waals surface area contributed by atoms with Crippen molar-refractivity contribution in [1.82, 2.24) is 5.32 Å². The molecule has 19 heavy (non-hydrogen) atoms. The molecular weight excluding hydrogens is 268 g/mol. The van der Waals surface area contributed by atoms with Gasteiger partial charge in [-0.2, -0.15) is 0 Å². The molecule has 0 aliphatic carbocycles. The van der Waals surface area contributed by atoms with Crippen LogP contribution < -0.4 is 10.6 Å². The summed E-state index contributed by atoms with van der Waals surface area (Å²) >= 11 is 5.94. The second kappa shape index (κ2) is 6.99. The van der Waals surface area contributed by atoms with Gasteiger partial charge in [0.25, 0.3) is 0 Å². The van der Waals surface area contributed by atoms with E-state index in [0.717, 1.165) is 5.56 Å². The van der Waals surface area contributed by atoms with E-state index in [9.17, 15) is 9.59 Å². The number of nitrogens with one attached hydrogen (secondary N) is 2. The Morgan fingerprint density at radius 3 is 2.63 bits per heavy atom. The molecular formula is C13H17ClN2O3. The van der Waals surface area contributed by atoms with E-state index in [4.69, 9.17) is 16.7 Å². The molecule has 0 aliphatic rings. The van der Waals surface area contributed by atoms with Gasteiger partial charge in [0.05, 0.1) is 0 Å². The van der Waals surface area contributed by atoms with Gasteiger partial charge >= 0.3 is 12.0 Å². The maximum absolute atomic E-state index is 11.7. The number of aliphatic carboxylic acids is 1. The second-order valence-corrected chi connectivity index (χ2v) is 4.65. The first kappa shape index (κ1) is 15.3. The summed E-state index contributed by atoms with van der Waals surface area (Å²) in [4.78, 5) is 22.6. The summed E-state index contributed by atoms with van der Waals surface area (Å²) in [6.07, 6.45) is 1.06. The Labute approximate surface area is 117 Å². The number of urea groups is 1. The maximum atomic E-state index is 11.7. The van der Waals surface area contributed by atoms with E-state index >= 15 is 0 Å². The molecule has 0 saturated heterocycles. The van der Waals surface area contributed by atoms with Crippen LogP contribution in [0.5, 0.6) is 0 Å². The summed E-state index contributed by atoms with van der Waals surface area (Å²) < 4.78 is 0. The first-order chi connectivity index (χ1) is 8.93. The topological polar surface area (TPSA) is 78.4 Å². The lowest BCUT2D eigenvalue weighted by Crippen LogP contribution is -2.42. The second-order valence-electron chi connectivity index (χ2n) is 4.24. The monoisotopic (exact) mass is 284 g/mol. The molecule has 0 fully saturated rings. The fraction of sp³-hybridized carbons (Fsp3) is 0.385. The van der Waals surface area contributed by atoms with Gasteiger partial charge < -0.3 is 15.7 Å². The van der Waals surface area contributed by atoms with Crippen LogP contribution in [0.2, 0.25) is 5.02 Å². The van der Waals surface area contributed by atoms with Gasteiger partial charge in [-0.25, -0.2) is 9.59 Å². The molecule has 0 aromatic heterocycles. The number of carboxylic acids is 1. The summed E-state index contributed by atoms with van der Waals surface area (Å²) in [5, 5.41) is 14.4. The lowest BCUT2D eigenvalue weighted by atomic mass is 10.2. The molecule has 6 heteroatoms. The summed E-state index contributed by atoms with van der Waals surface area (Å²) in [6, 6.07) is 3.66. The number of anilines is 1. The summed E-state index contributed by atoms with van der Waals surface area (Å²) in [6.45, 7) is 3.71. The van der Waals surface area contributed by atoms with Crippen molar-refractivity contribution >= 4 is 29.3 Å². The molecule has 1 aromatic carbocycles. The minimum Gasteiger partial charge on any atom is -0.480 e. The van der Waals surface area contributed by atoms with Crippen molar-refractivity contribution in [2.24, 2.45) is 0 Å². The highest BCUT2D eigenvalue weighted by atomic mass is 35.5. The fourth-order valence-corrected chi connectivity index (χ4v) is 1.72. The third kappa shape index (κ3) is 4.79. The van der Waals surface area contributed by atoms with Crippen molar-refractivity contribution in [2.75, 3.05) is 5.32 Å². The Balaban J connectivity index is 2.63. The molecule has 1 atom stereocenters. The lowest BCUT2D eigenvalue weighted by Gasteiger charge is -2.14. The summed E-state index contributed by atoms with van der Waals surface area (Å²) in [5.74, 6) is -1.04. The third-order valence-electron chi connectivity index (χ3n) is 2.61. The highest BCUT2D eigenvalue weighted by Crippen LogP contribution is 2.19. The zero-order valence-electron chi connectivity index (χ0n) is 10.9. The van der Waals surface area contributed by atoms with Crippen LogP contribution in [0.1, 0.15) is 25.3 Å². The average Bonchev–Trinajstić information content (AvgIpc) is 2.33. The van der Waals surface area contributed by atoms with Crippen LogP contribution in [0.4, 0.5) is 10.5 Å². The van der Waals surface area contributed by atoms with Gasteiger partial charge in [0.2, 0.25) is 0 Å². The Bertz CT molecular complexity index is 477. The minimum absolute atomic E-state index is 0.386. The smallest absolute Gasteiger partial charge is 0.326 e. The number of hydrogen-bond acceptors (Lipinski definition) is 2. The van der Waals surface area contributed by atoms with Gasteiger partial charge in [-0.3, -0.25) is 0 Å². The summed E-state index contributed by atoms with van der Waals surface area (Å²) in [7, 11) is 0. The molecule has 0 aliphatic heterocycles. The minimum atomic E-state index is -1.04. The summed E-state index contributed by atoms with van der Waals surface area (Å²) in [5.41, 5.74) is 1.43. The number of benzene rings is 1. The molecule has 0 radical (unpaired) electrons. The van der Waals surface area contributed by atoms with Crippen molar-refractivity contribution in [2.45, 2.75) is 32.7 Å². The van der Waals surface area contributed by atoms with Crippen LogP contribution in [-0.2, 0) is 4.79 Å². The molecule has 0 heterocycles. The third-order valence-corrected chi connectivity index (χ3v) is 3.02. The van der Waals surface area contributed by atoms with Crippen LogP contribution in [0.25, 0.3) is 0 Å². The van der Waals surface area contributed by atoms with E-state index in [1.165, 1.54) is 0 Å². The van der Waals surface area contributed by atoms with Crippen molar-refractivity contribution in [3.8, 4) is 0 Å². The van der Waals surface area contributed by atoms with Gasteiger partial charge in [-0.05, 0) is 31.0 Å². The van der Waals surface area contributed by atoms with E-state index in [0.29, 0.717) is 23.6 Å². The molecule has 0 unspecified atom stereocenters. The largest absolute Gasteiger partial charge is 0.480 e. The molecule has 1 aromatic rings. The Kier molecular flexibility index (Phi) is 5.63. The molecule has 5 nitrogen and oxygen atoms in total. The van der Waals surface area contributed by atoms with Crippen LogP contribution >= 0.6 is 11.6 Å². The van der Waals surface area contributed by atoms with Gasteiger partial charge in [0, 0.05) is 10.7 Å². The highest BCUT2D eigenvalue weighted by molar-refractivity contribution is 6.31. The maximum Gasteiger partial charge on any atom is 0.326 e. The first-order valence-electron chi connectivity index (χ1n) is 6.00. The highest BCUT2D eigenvalue weighted by Gasteiger charge is 2.18. The quantitative estimate of drug-likeness (QED) is 0.777. The van der Waals surface area contributed by atoms with Crippen LogP contribution in [0.15, 0.2) is 18.2 Å². The number of aryl methyl sites for hydroxylation is 1. The van der Waals surface area contributed by atoms with Gasteiger partial charge in [0.15, 0.2) is 0 Å². The van der Waals surface area contributed by atoms with Crippen molar-refractivity contribution < 1.29 is 14.7 Å². The van der Waals surface area contributed by atoms with Crippen LogP contribution in [0, 0.1) is 6.92 Å². The van der Waals surface area contributed by atoms with Crippen molar-refractivity contribution in [3.05, 3.63) is 28.8 Å². The number of carbonyl (C=O) groups is 2. The number of amides is 2. The van der Waals surface area contributed by atoms with E-state index < -0.39 is 18.0 Å². The molecule has 0 bridgehead atoms. The van der Waals surface area contributed by atoms with E-state index in [1.807, 2.05) is 13.8 Å². The van der Waals surface area contributed by atoms with E-state index in [-0.39, 0.29) is 0 Å². The molecule has 104 valence electrons. The zero-order chi connectivity index (χ0) is 14.4. The number of rotatable bonds is 5. The standard InChI is InChI=1S/C13H17ClN2O3/c1-3-4-11(12(17)18)16-13(19)15-9-6-5-8(2)10(14)7-9/h5-7,11H,3-4H2,1-2H3,(H,17,18)(H2,15,16,19)/t11-/m0/s1. The lowest BCUT2D eigenvalue weighted by molar-refractivity contribution is -0.139. The Hall–Kier alpha value is -1.75. The Morgan fingerprint density at radius 2 is 2.11 bits per heavy atom. The van der Waals surface area contributed by atoms with E-state index in [2.05, 4.69) is 10.6 Å². The van der Waals surface area contributed by atoms with Crippen molar-refractivity contribution in [3.63, 3.8) is 0 Å². The number of carbonyl (C=O) groups excluding carboxylic acids is 1. The SMILES string of the molecule is CCC[C@H](NC(=O)Nc1ccc(C)c(Cl)c1)C(=O)O. The van der Waals surface area contributed by atoms with E-state index in [1.54, 1.807) is 18.2 Å². The van der Waals surface area contributed by atoms with Crippen LogP contribution in [-0.4, -0.2) is 23.1 Å². The normalized spacial score (nSPS) is 11.7. The predicted molar refractivity (Wildman–Crippen MR) is 74.7 cm³/mol. The predicted octanol–water partition coefficient (Wildman–Crippen LogP) is 3.02. The van der Waals surface area contributed by atoms with Crippen molar-refractivity contribution in [1.29, 1.82) is 0 Å². The fourth-order valence-electron chi connectivity index (χ4n) is 1.54. The van der Waals surface area contributed by atoms with Gasteiger partial charge in [0.1, 0.15) is 6.04 Å². The molecule has 0 spiro atoms. The number of halogens is 1. The number of carboxylic acid groups (broad SMARTS) is 1. The molecule has 0 saturated carbocycles. The number of hydrogen-bond donors (Lipinski definition) is 3. The average molecular weight is 285 g/mol. The zero-order valence-corrected chi connectivity index (χ0v) is 11.6. The van der Waals surface area contributed by atoms with Gasteiger partial charge in [-0.1, -0.05) is 31.0 Å². The molecule has 2 amide bonds. The Morgan fingerprint density at radius 1 is 1.42 bits per heavy atom. The molecule has 1 rings (SSSR count).